The number of aliphatic hydroxyl groups is 2. The first-order valence-electron chi connectivity index (χ1n) is 6.72. The molecule has 1 heterocycles. The second-order valence-corrected chi connectivity index (χ2v) is 5.01. The van der Waals surface area contributed by atoms with Crippen LogP contribution in [0.15, 0.2) is 0 Å². The zero-order valence-corrected chi connectivity index (χ0v) is 11.5. The summed E-state index contributed by atoms with van der Waals surface area (Å²) in [5, 5.41) is 19.5. The summed E-state index contributed by atoms with van der Waals surface area (Å²) in [6.45, 7) is 5.17. The van der Waals surface area contributed by atoms with E-state index >= 15 is 0 Å². The number of hydrogen-bond donors (Lipinski definition) is 2. The molecular formula is C13H26O5. The molecule has 1 fully saturated rings. The molecule has 108 valence electrons. The van der Waals surface area contributed by atoms with Gasteiger partial charge in [-0.15, -0.1) is 0 Å². The van der Waals surface area contributed by atoms with Crippen LogP contribution in [-0.2, 0) is 14.2 Å². The summed E-state index contributed by atoms with van der Waals surface area (Å²) in [5.41, 5.74) is 0. The molecule has 5 unspecified atom stereocenters. The van der Waals surface area contributed by atoms with Gasteiger partial charge in [0.2, 0.25) is 0 Å². The lowest BCUT2D eigenvalue weighted by Gasteiger charge is -2.16. The fourth-order valence-electron chi connectivity index (χ4n) is 1.99. The van der Waals surface area contributed by atoms with Crippen molar-refractivity contribution in [2.45, 2.75) is 57.7 Å². The smallest absolute Gasteiger partial charge is 0.186 e. The zero-order chi connectivity index (χ0) is 13.5. The van der Waals surface area contributed by atoms with E-state index in [9.17, 15) is 10.2 Å². The molecule has 0 aromatic heterocycles. The van der Waals surface area contributed by atoms with Gasteiger partial charge in [0.1, 0.15) is 18.3 Å². The highest BCUT2D eigenvalue weighted by atomic mass is 16.7. The molecule has 0 bridgehead atoms. The third-order valence-corrected chi connectivity index (χ3v) is 3.47. The number of methoxy groups -OCH3 is 1. The number of rotatable bonds is 8. The molecule has 0 aromatic rings. The molecule has 1 rings (SSSR count). The summed E-state index contributed by atoms with van der Waals surface area (Å²) in [6.07, 6.45) is 0.0209. The molecule has 0 saturated carbocycles. The topological polar surface area (TPSA) is 68.2 Å². The number of ether oxygens (including phenoxy) is 3. The summed E-state index contributed by atoms with van der Waals surface area (Å²) in [5.74, 6) is 0.690. The number of aliphatic hydroxyl groups excluding tert-OH is 2. The van der Waals surface area contributed by atoms with Gasteiger partial charge in [-0.25, -0.2) is 0 Å². The highest BCUT2D eigenvalue weighted by molar-refractivity contribution is 4.86. The maximum atomic E-state index is 9.75. The molecular weight excluding hydrogens is 236 g/mol. The summed E-state index contributed by atoms with van der Waals surface area (Å²) >= 11 is 0. The second-order valence-electron chi connectivity index (χ2n) is 5.01. The Morgan fingerprint density at radius 1 is 1.28 bits per heavy atom. The second kappa shape index (κ2) is 8.07. The van der Waals surface area contributed by atoms with Crippen LogP contribution < -0.4 is 0 Å². The van der Waals surface area contributed by atoms with E-state index in [1.54, 1.807) is 0 Å². The van der Waals surface area contributed by atoms with E-state index in [0.717, 1.165) is 19.3 Å². The molecule has 5 atom stereocenters. The molecule has 18 heavy (non-hydrogen) atoms. The Bertz CT molecular complexity index is 223. The predicted molar refractivity (Wildman–Crippen MR) is 67.2 cm³/mol. The molecule has 0 aliphatic carbocycles. The SMILES string of the molecule is CCC(C)CCCOC1OC(COC)C(O)C1O. The van der Waals surface area contributed by atoms with E-state index in [0.29, 0.717) is 12.5 Å². The van der Waals surface area contributed by atoms with Crippen molar-refractivity contribution in [3.05, 3.63) is 0 Å². The molecule has 1 saturated heterocycles. The Kier molecular flexibility index (Phi) is 7.11. The van der Waals surface area contributed by atoms with E-state index < -0.39 is 24.6 Å². The quantitative estimate of drug-likeness (QED) is 0.637. The molecule has 0 aromatic carbocycles. The first kappa shape index (κ1) is 15.9. The van der Waals surface area contributed by atoms with Crippen molar-refractivity contribution in [1.82, 2.24) is 0 Å². The van der Waals surface area contributed by atoms with E-state index in [2.05, 4.69) is 13.8 Å². The fraction of sp³-hybridized carbons (Fsp3) is 1.00. The zero-order valence-electron chi connectivity index (χ0n) is 11.5. The van der Waals surface area contributed by atoms with Crippen molar-refractivity contribution in [3.63, 3.8) is 0 Å². The van der Waals surface area contributed by atoms with Gasteiger partial charge in [-0.3, -0.25) is 0 Å². The van der Waals surface area contributed by atoms with Gasteiger partial charge in [0.15, 0.2) is 6.29 Å². The fourth-order valence-corrected chi connectivity index (χ4v) is 1.99. The van der Waals surface area contributed by atoms with Gasteiger partial charge in [-0.1, -0.05) is 20.3 Å². The summed E-state index contributed by atoms with van der Waals surface area (Å²) in [7, 11) is 1.53. The molecule has 5 heteroatoms. The van der Waals surface area contributed by atoms with Crippen molar-refractivity contribution >= 4 is 0 Å². The van der Waals surface area contributed by atoms with Crippen molar-refractivity contribution in [1.29, 1.82) is 0 Å². The van der Waals surface area contributed by atoms with Crippen LogP contribution >= 0.6 is 0 Å². The van der Waals surface area contributed by atoms with Gasteiger partial charge in [0, 0.05) is 13.7 Å². The van der Waals surface area contributed by atoms with Crippen molar-refractivity contribution in [2.24, 2.45) is 5.92 Å². The van der Waals surface area contributed by atoms with Crippen molar-refractivity contribution in [2.75, 3.05) is 20.3 Å². The van der Waals surface area contributed by atoms with Crippen LogP contribution in [0, 0.1) is 5.92 Å². The van der Waals surface area contributed by atoms with Crippen LogP contribution in [0.25, 0.3) is 0 Å². The van der Waals surface area contributed by atoms with Crippen LogP contribution in [0.4, 0.5) is 0 Å². The molecule has 0 spiro atoms. The van der Waals surface area contributed by atoms with Crippen LogP contribution in [-0.4, -0.2) is 55.1 Å². The highest BCUT2D eigenvalue weighted by Gasteiger charge is 2.43. The Balaban J connectivity index is 2.22. The summed E-state index contributed by atoms with van der Waals surface area (Å²) < 4.78 is 15.8. The van der Waals surface area contributed by atoms with Crippen molar-refractivity contribution < 1.29 is 24.4 Å². The largest absolute Gasteiger partial charge is 0.387 e. The monoisotopic (exact) mass is 262 g/mol. The van der Waals surface area contributed by atoms with Crippen molar-refractivity contribution in [3.8, 4) is 0 Å². The average molecular weight is 262 g/mol. The van der Waals surface area contributed by atoms with Crippen LogP contribution in [0.2, 0.25) is 0 Å². The molecule has 5 nitrogen and oxygen atoms in total. The Morgan fingerprint density at radius 2 is 2.00 bits per heavy atom. The van der Waals surface area contributed by atoms with Gasteiger partial charge >= 0.3 is 0 Å². The van der Waals surface area contributed by atoms with Gasteiger partial charge in [-0.05, 0) is 18.8 Å². The Hall–Kier alpha value is -0.200. The average Bonchev–Trinajstić information content (AvgIpc) is 2.63. The maximum absolute atomic E-state index is 9.75. The molecule has 1 aliphatic heterocycles. The molecule has 0 radical (unpaired) electrons. The number of hydrogen-bond acceptors (Lipinski definition) is 5. The Morgan fingerprint density at radius 3 is 2.61 bits per heavy atom. The van der Waals surface area contributed by atoms with Gasteiger partial charge < -0.3 is 24.4 Å². The van der Waals surface area contributed by atoms with Crippen LogP contribution in [0.1, 0.15) is 33.1 Å². The minimum atomic E-state index is -0.992. The maximum Gasteiger partial charge on any atom is 0.186 e. The molecule has 2 N–H and O–H groups in total. The van der Waals surface area contributed by atoms with Crippen LogP contribution in [0.5, 0.6) is 0 Å². The van der Waals surface area contributed by atoms with E-state index in [1.807, 2.05) is 0 Å². The van der Waals surface area contributed by atoms with Gasteiger partial charge in [-0.2, -0.15) is 0 Å². The van der Waals surface area contributed by atoms with E-state index in [-0.39, 0.29) is 6.61 Å². The van der Waals surface area contributed by atoms with Crippen LogP contribution in [0.3, 0.4) is 0 Å². The minimum absolute atomic E-state index is 0.255. The lowest BCUT2D eigenvalue weighted by molar-refractivity contribution is -0.171. The third-order valence-electron chi connectivity index (χ3n) is 3.47. The molecule has 0 amide bonds. The Labute approximate surface area is 109 Å². The minimum Gasteiger partial charge on any atom is -0.387 e. The normalized spacial score (nSPS) is 33.8. The summed E-state index contributed by atoms with van der Waals surface area (Å²) in [6, 6.07) is 0. The first-order chi connectivity index (χ1) is 8.60. The van der Waals surface area contributed by atoms with E-state index in [1.165, 1.54) is 7.11 Å². The van der Waals surface area contributed by atoms with Gasteiger partial charge in [0.25, 0.3) is 0 Å². The lowest BCUT2D eigenvalue weighted by atomic mass is 10.0. The van der Waals surface area contributed by atoms with Gasteiger partial charge in [0.05, 0.1) is 6.61 Å². The highest BCUT2D eigenvalue weighted by Crippen LogP contribution is 2.23. The third kappa shape index (κ3) is 4.48. The first-order valence-corrected chi connectivity index (χ1v) is 6.72. The lowest BCUT2D eigenvalue weighted by Crippen LogP contribution is -2.35. The summed E-state index contributed by atoms with van der Waals surface area (Å²) in [4.78, 5) is 0. The van der Waals surface area contributed by atoms with E-state index in [4.69, 9.17) is 14.2 Å². The predicted octanol–water partition coefficient (Wildman–Crippen LogP) is 0.922. The molecule has 1 aliphatic rings. The standard InChI is InChI=1S/C13H26O5/c1-4-9(2)6-5-7-17-13-12(15)11(14)10(18-13)8-16-3/h9-15H,4-8H2,1-3H3.